The Labute approximate surface area is 232 Å². The Hall–Kier alpha value is -3.78. The molecule has 1 saturated heterocycles. The number of aliphatic imine (C=N–C) groups is 1. The normalized spacial score (nSPS) is 19.9. The second kappa shape index (κ2) is 11.5. The number of hydrogen-bond donors (Lipinski definition) is 1. The lowest BCUT2D eigenvalue weighted by molar-refractivity contribution is -0.138. The van der Waals surface area contributed by atoms with Crippen LogP contribution in [0.2, 0.25) is 0 Å². The maximum absolute atomic E-state index is 13.2. The molecule has 202 valence electrons. The van der Waals surface area contributed by atoms with Gasteiger partial charge in [0, 0.05) is 35.2 Å². The molecule has 39 heavy (non-hydrogen) atoms. The van der Waals surface area contributed by atoms with E-state index in [1.54, 1.807) is 6.92 Å². The number of aliphatic hydroxyl groups is 1. The monoisotopic (exact) mass is 543 g/mol. The highest BCUT2D eigenvalue weighted by molar-refractivity contribution is 8.18. The average molecular weight is 544 g/mol. The molecule has 2 aliphatic heterocycles. The molecule has 0 spiro atoms. The van der Waals surface area contributed by atoms with E-state index in [-0.39, 0.29) is 36.4 Å². The largest absolute Gasteiger partial charge is 0.506 e. The van der Waals surface area contributed by atoms with Crippen molar-refractivity contribution >= 4 is 51.3 Å². The first-order valence-electron chi connectivity index (χ1n) is 13.4. The number of hydrogen-bond acceptors (Lipinski definition) is 6. The second-order valence-electron chi connectivity index (χ2n) is 9.97. The van der Waals surface area contributed by atoms with Crippen molar-refractivity contribution in [2.24, 2.45) is 4.99 Å². The molecule has 1 amide bonds. The molecule has 3 aromatic rings. The highest BCUT2D eigenvalue weighted by Crippen LogP contribution is 2.41. The fourth-order valence-electron chi connectivity index (χ4n) is 5.10. The lowest BCUT2D eigenvalue weighted by Gasteiger charge is -2.33. The van der Waals surface area contributed by atoms with Crippen LogP contribution in [-0.2, 0) is 20.9 Å². The number of aryl methyl sites for hydroxylation is 1. The summed E-state index contributed by atoms with van der Waals surface area (Å²) in [5.74, 6) is -0.656. The van der Waals surface area contributed by atoms with Crippen LogP contribution in [0.1, 0.15) is 44.2 Å². The van der Waals surface area contributed by atoms with Crippen molar-refractivity contribution in [3.8, 4) is 0 Å². The van der Waals surface area contributed by atoms with E-state index in [1.165, 1.54) is 11.8 Å². The number of benzene rings is 2. The van der Waals surface area contributed by atoms with Gasteiger partial charge in [-0.05, 0) is 64.3 Å². The Morgan fingerprint density at radius 3 is 2.67 bits per heavy atom. The van der Waals surface area contributed by atoms with E-state index < -0.39 is 5.97 Å². The number of rotatable bonds is 6. The molecule has 8 heteroatoms. The zero-order valence-electron chi connectivity index (χ0n) is 22.5. The maximum Gasteiger partial charge on any atom is 0.344 e. The van der Waals surface area contributed by atoms with Crippen molar-refractivity contribution in [3.63, 3.8) is 0 Å². The van der Waals surface area contributed by atoms with Crippen molar-refractivity contribution in [2.75, 3.05) is 13.2 Å². The molecule has 1 fully saturated rings. The molecule has 2 aliphatic rings. The van der Waals surface area contributed by atoms with Crippen LogP contribution in [0.4, 0.5) is 5.69 Å². The number of para-hydroxylation sites is 1. The number of aliphatic hydroxyl groups excluding tert-OH is 1. The molecular weight excluding hydrogens is 510 g/mol. The first-order valence-corrected chi connectivity index (χ1v) is 14.2. The summed E-state index contributed by atoms with van der Waals surface area (Å²) in [6, 6.07) is 15.8. The van der Waals surface area contributed by atoms with Crippen LogP contribution >= 0.6 is 11.8 Å². The predicted octanol–water partition coefficient (Wildman–Crippen LogP) is 6.54. The number of carbonyl (C=O) groups is 2. The number of thioether (sulfide) groups is 1. The van der Waals surface area contributed by atoms with Crippen LogP contribution in [0.3, 0.4) is 0 Å². The van der Waals surface area contributed by atoms with Gasteiger partial charge in [0.2, 0.25) is 5.91 Å². The highest BCUT2D eigenvalue weighted by atomic mass is 32.2. The Morgan fingerprint density at radius 2 is 1.92 bits per heavy atom. The molecule has 1 N–H and O–H groups in total. The number of carbonyl (C=O) groups excluding carboxylic acids is 2. The van der Waals surface area contributed by atoms with Crippen LogP contribution in [0.15, 0.2) is 76.0 Å². The summed E-state index contributed by atoms with van der Waals surface area (Å²) in [4.78, 5) is 33.2. The quantitative estimate of drug-likeness (QED) is 0.357. The van der Waals surface area contributed by atoms with E-state index in [2.05, 4.69) is 11.9 Å². The van der Waals surface area contributed by atoms with Gasteiger partial charge in [0.15, 0.2) is 0 Å². The first-order chi connectivity index (χ1) is 18.9. The minimum Gasteiger partial charge on any atom is -0.506 e. The van der Waals surface area contributed by atoms with Gasteiger partial charge in [0.05, 0.1) is 17.2 Å². The molecule has 0 bridgehead atoms. The van der Waals surface area contributed by atoms with Gasteiger partial charge in [0.1, 0.15) is 22.9 Å². The van der Waals surface area contributed by atoms with Gasteiger partial charge >= 0.3 is 5.97 Å². The fourth-order valence-corrected chi connectivity index (χ4v) is 6.12. The van der Waals surface area contributed by atoms with Gasteiger partial charge in [-0.1, -0.05) is 47.7 Å². The summed E-state index contributed by atoms with van der Waals surface area (Å²) in [5, 5.41) is 12.5. The van der Waals surface area contributed by atoms with E-state index in [0.29, 0.717) is 15.6 Å². The van der Waals surface area contributed by atoms with Gasteiger partial charge in [-0.15, -0.1) is 0 Å². The number of amides is 1. The molecule has 0 unspecified atom stereocenters. The molecular formula is C31H33N3O4S. The van der Waals surface area contributed by atoms with Crippen molar-refractivity contribution in [3.05, 3.63) is 82.1 Å². The smallest absolute Gasteiger partial charge is 0.344 e. The number of esters is 1. The summed E-state index contributed by atoms with van der Waals surface area (Å²) in [5.41, 5.74) is 3.63. The number of fused-ring (bicyclic) bond motifs is 1. The third-order valence-corrected chi connectivity index (χ3v) is 8.19. The van der Waals surface area contributed by atoms with E-state index in [9.17, 15) is 14.7 Å². The van der Waals surface area contributed by atoms with Crippen LogP contribution in [0.5, 0.6) is 0 Å². The Kier molecular flexibility index (Phi) is 7.93. The van der Waals surface area contributed by atoms with Crippen LogP contribution < -0.4 is 0 Å². The number of piperidine rings is 1. The van der Waals surface area contributed by atoms with Gasteiger partial charge in [-0.25, -0.2) is 9.79 Å². The van der Waals surface area contributed by atoms with Gasteiger partial charge in [-0.2, -0.15) is 0 Å². The number of nitrogens with zero attached hydrogens (tertiary/aromatic N) is 3. The molecule has 1 aromatic heterocycles. The Bertz CT molecular complexity index is 1500. The summed E-state index contributed by atoms with van der Waals surface area (Å²) < 4.78 is 7.21. The van der Waals surface area contributed by atoms with Gasteiger partial charge in [0.25, 0.3) is 0 Å². The highest BCUT2D eigenvalue weighted by Gasteiger charge is 2.33. The average Bonchev–Trinajstić information content (AvgIpc) is 3.42. The van der Waals surface area contributed by atoms with Crippen LogP contribution in [0.25, 0.3) is 17.0 Å². The molecule has 5 rings (SSSR count). The third-order valence-electron chi connectivity index (χ3n) is 7.17. The van der Waals surface area contributed by atoms with E-state index >= 15 is 0 Å². The molecule has 0 radical (unpaired) electrons. The fraction of sp³-hybridized carbons (Fsp3) is 0.323. The predicted molar refractivity (Wildman–Crippen MR) is 157 cm³/mol. The number of aromatic nitrogens is 1. The standard InChI is InChI=1S/C31H33N3O4S/c1-4-38-31(37)28-29(36)26(39-30(28)32-23-14-12-20(2)13-15-23)17-22-18-33(25-11-6-5-10-24(22)25)19-27(35)34-16-8-7-9-21(34)3/h5-6,10-15,17-18,21,36H,4,7-9,16,19H2,1-3H3/b26-17-,32-30?/t21-/m1/s1. The van der Waals surface area contributed by atoms with Gasteiger partial charge in [-0.3, -0.25) is 4.79 Å². The van der Waals surface area contributed by atoms with Crippen LogP contribution in [-0.4, -0.2) is 50.7 Å². The zero-order valence-corrected chi connectivity index (χ0v) is 23.3. The van der Waals surface area contributed by atoms with E-state index in [1.807, 2.05) is 77.2 Å². The summed E-state index contributed by atoms with van der Waals surface area (Å²) in [6.07, 6.45) is 7.03. The summed E-state index contributed by atoms with van der Waals surface area (Å²) in [7, 11) is 0. The second-order valence-corrected chi connectivity index (χ2v) is 11.0. The van der Waals surface area contributed by atoms with Crippen molar-refractivity contribution in [1.29, 1.82) is 0 Å². The molecule has 1 atom stereocenters. The van der Waals surface area contributed by atoms with Crippen molar-refractivity contribution in [2.45, 2.75) is 52.6 Å². The topological polar surface area (TPSA) is 84.1 Å². The zero-order chi connectivity index (χ0) is 27.5. The summed E-state index contributed by atoms with van der Waals surface area (Å²) >= 11 is 1.23. The van der Waals surface area contributed by atoms with E-state index in [4.69, 9.17) is 4.74 Å². The molecule has 7 nitrogen and oxygen atoms in total. The lowest BCUT2D eigenvalue weighted by atomic mass is 10.0. The Morgan fingerprint density at radius 1 is 1.15 bits per heavy atom. The van der Waals surface area contributed by atoms with Crippen molar-refractivity contribution in [1.82, 2.24) is 9.47 Å². The van der Waals surface area contributed by atoms with Crippen molar-refractivity contribution < 1.29 is 19.4 Å². The Balaban J connectivity index is 1.51. The number of ether oxygens (including phenoxy) is 1. The number of likely N-dealkylation sites (tertiary alicyclic amines) is 1. The van der Waals surface area contributed by atoms with Gasteiger partial charge < -0.3 is 19.3 Å². The molecule has 0 aliphatic carbocycles. The first kappa shape index (κ1) is 26.8. The third kappa shape index (κ3) is 5.66. The minimum absolute atomic E-state index is 0.0617. The van der Waals surface area contributed by atoms with Crippen LogP contribution in [0, 0.1) is 6.92 Å². The maximum atomic E-state index is 13.2. The molecule has 0 saturated carbocycles. The lowest BCUT2D eigenvalue weighted by Crippen LogP contribution is -2.43. The SMILES string of the molecule is CCOC(=O)C1=C(O)/C(=C/c2cn(CC(=O)N3CCCC[C@H]3C)c3ccccc23)SC1=Nc1ccc(C)cc1. The molecule has 2 aromatic carbocycles. The molecule has 3 heterocycles. The summed E-state index contributed by atoms with van der Waals surface area (Å²) in [6.45, 7) is 7.07. The minimum atomic E-state index is -0.611. The van der Waals surface area contributed by atoms with E-state index in [0.717, 1.165) is 47.8 Å².